The van der Waals surface area contributed by atoms with E-state index in [1.807, 2.05) is 25.1 Å². The molecule has 0 saturated heterocycles. The summed E-state index contributed by atoms with van der Waals surface area (Å²) in [5.41, 5.74) is 1.79. The summed E-state index contributed by atoms with van der Waals surface area (Å²) in [5.74, 6) is 0.423. The molecule has 0 fully saturated rings. The number of amides is 1. The number of hydrogen-bond acceptors (Lipinski definition) is 1. The lowest BCUT2D eigenvalue weighted by Crippen LogP contribution is -2.15. The Morgan fingerprint density at radius 3 is 3.00 bits per heavy atom. The quantitative estimate of drug-likeness (QED) is 0.808. The zero-order chi connectivity index (χ0) is 12.3. The second-order valence-corrected chi connectivity index (χ2v) is 4.91. The normalized spacial score (nSPS) is 18.4. The predicted octanol–water partition coefficient (Wildman–Crippen LogP) is 3.94. The summed E-state index contributed by atoms with van der Waals surface area (Å²) in [4.78, 5) is 11.8. The average molecular weight is 250 g/mol. The van der Waals surface area contributed by atoms with Gasteiger partial charge in [-0.3, -0.25) is 4.79 Å². The van der Waals surface area contributed by atoms with Gasteiger partial charge in [0.25, 0.3) is 0 Å². The Kier molecular flexibility index (Phi) is 3.85. The fourth-order valence-corrected chi connectivity index (χ4v) is 2.31. The van der Waals surface area contributed by atoms with Gasteiger partial charge in [-0.25, -0.2) is 0 Å². The van der Waals surface area contributed by atoms with Crippen LogP contribution in [0.4, 0.5) is 5.69 Å². The Morgan fingerprint density at radius 2 is 2.35 bits per heavy atom. The van der Waals surface area contributed by atoms with Crippen LogP contribution in [0.2, 0.25) is 5.02 Å². The molecular formula is C14H16ClNO. The van der Waals surface area contributed by atoms with Gasteiger partial charge in [-0.2, -0.15) is 0 Å². The maximum absolute atomic E-state index is 11.8. The first-order chi connectivity index (χ1) is 8.15. The van der Waals surface area contributed by atoms with Crippen molar-refractivity contribution in [1.29, 1.82) is 0 Å². The molecule has 1 aromatic rings. The van der Waals surface area contributed by atoms with Crippen LogP contribution in [-0.4, -0.2) is 5.91 Å². The molecular weight excluding hydrogens is 234 g/mol. The summed E-state index contributed by atoms with van der Waals surface area (Å²) in [6.07, 6.45) is 6.96. The molecule has 0 bridgehead atoms. The molecule has 1 aromatic carbocycles. The van der Waals surface area contributed by atoms with E-state index in [1.54, 1.807) is 0 Å². The molecule has 2 nitrogen and oxygen atoms in total. The number of allylic oxidation sites excluding steroid dienone is 2. The van der Waals surface area contributed by atoms with Crippen LogP contribution in [0.1, 0.15) is 24.8 Å². The molecule has 0 aliphatic heterocycles. The van der Waals surface area contributed by atoms with Crippen LogP contribution >= 0.6 is 11.6 Å². The molecule has 0 heterocycles. The van der Waals surface area contributed by atoms with Crippen LogP contribution in [0.25, 0.3) is 0 Å². The van der Waals surface area contributed by atoms with Crippen molar-refractivity contribution in [3.63, 3.8) is 0 Å². The molecule has 1 unspecified atom stereocenters. The van der Waals surface area contributed by atoms with Crippen molar-refractivity contribution in [3.8, 4) is 0 Å². The molecule has 0 radical (unpaired) electrons. The maximum Gasteiger partial charge on any atom is 0.225 e. The number of aryl methyl sites for hydroxylation is 1. The standard InChI is InChI=1S/C14H16ClNO/c1-10-6-7-13(12(15)8-10)16-14(17)9-11-4-2-3-5-11/h2,4,6-8,11H,3,5,9H2,1H3,(H,16,17). The monoisotopic (exact) mass is 249 g/mol. The molecule has 1 aliphatic carbocycles. The first-order valence-electron chi connectivity index (χ1n) is 5.88. The van der Waals surface area contributed by atoms with E-state index in [9.17, 15) is 4.79 Å². The number of rotatable bonds is 3. The molecule has 90 valence electrons. The van der Waals surface area contributed by atoms with Crippen molar-refractivity contribution in [2.45, 2.75) is 26.2 Å². The van der Waals surface area contributed by atoms with E-state index in [4.69, 9.17) is 11.6 Å². The minimum absolute atomic E-state index is 0.0345. The van der Waals surface area contributed by atoms with Crippen molar-refractivity contribution >= 4 is 23.2 Å². The van der Waals surface area contributed by atoms with Gasteiger partial charge in [0.15, 0.2) is 0 Å². The lowest BCUT2D eigenvalue weighted by atomic mass is 10.1. The summed E-state index contributed by atoms with van der Waals surface area (Å²) in [6, 6.07) is 5.64. The van der Waals surface area contributed by atoms with E-state index in [1.165, 1.54) is 0 Å². The van der Waals surface area contributed by atoms with Crippen LogP contribution in [0.15, 0.2) is 30.4 Å². The molecule has 3 heteroatoms. The second kappa shape index (κ2) is 5.37. The van der Waals surface area contributed by atoms with E-state index in [-0.39, 0.29) is 5.91 Å². The number of halogens is 1. The third kappa shape index (κ3) is 3.34. The minimum Gasteiger partial charge on any atom is -0.325 e. The Hall–Kier alpha value is -1.28. The summed E-state index contributed by atoms with van der Waals surface area (Å²) < 4.78 is 0. The van der Waals surface area contributed by atoms with Gasteiger partial charge in [-0.1, -0.05) is 29.8 Å². The summed E-state index contributed by atoms with van der Waals surface area (Å²) in [7, 11) is 0. The fraction of sp³-hybridized carbons (Fsp3) is 0.357. The molecule has 0 aromatic heterocycles. The van der Waals surface area contributed by atoms with E-state index < -0.39 is 0 Å². The van der Waals surface area contributed by atoms with Crippen LogP contribution in [0.5, 0.6) is 0 Å². The van der Waals surface area contributed by atoms with E-state index in [0.717, 1.165) is 18.4 Å². The van der Waals surface area contributed by atoms with Crippen LogP contribution < -0.4 is 5.32 Å². The van der Waals surface area contributed by atoms with Gasteiger partial charge in [0.05, 0.1) is 10.7 Å². The molecule has 0 saturated carbocycles. The predicted molar refractivity (Wildman–Crippen MR) is 71.3 cm³/mol. The lowest BCUT2D eigenvalue weighted by molar-refractivity contribution is -0.116. The molecule has 1 atom stereocenters. The van der Waals surface area contributed by atoms with Gasteiger partial charge in [0, 0.05) is 6.42 Å². The number of carbonyl (C=O) groups excluding carboxylic acids is 1. The van der Waals surface area contributed by atoms with Gasteiger partial charge in [0.2, 0.25) is 5.91 Å². The van der Waals surface area contributed by atoms with E-state index in [0.29, 0.717) is 23.0 Å². The topological polar surface area (TPSA) is 29.1 Å². The fourth-order valence-electron chi connectivity index (χ4n) is 2.03. The highest BCUT2D eigenvalue weighted by atomic mass is 35.5. The number of carbonyl (C=O) groups is 1. The first kappa shape index (κ1) is 12.2. The van der Waals surface area contributed by atoms with Gasteiger partial charge < -0.3 is 5.32 Å². The maximum atomic E-state index is 11.8. The van der Waals surface area contributed by atoms with E-state index >= 15 is 0 Å². The van der Waals surface area contributed by atoms with Crippen LogP contribution in [-0.2, 0) is 4.79 Å². The first-order valence-corrected chi connectivity index (χ1v) is 6.25. The number of benzene rings is 1. The Labute approximate surface area is 107 Å². The largest absolute Gasteiger partial charge is 0.325 e. The number of nitrogens with one attached hydrogen (secondary N) is 1. The van der Waals surface area contributed by atoms with Crippen LogP contribution in [0.3, 0.4) is 0 Å². The molecule has 17 heavy (non-hydrogen) atoms. The molecule has 2 rings (SSSR count). The lowest BCUT2D eigenvalue weighted by Gasteiger charge is -2.10. The number of hydrogen-bond donors (Lipinski definition) is 1. The summed E-state index contributed by atoms with van der Waals surface area (Å²) in [5, 5.41) is 3.46. The molecule has 1 N–H and O–H groups in total. The van der Waals surface area contributed by atoms with Gasteiger partial charge in [0.1, 0.15) is 0 Å². The molecule has 0 spiro atoms. The summed E-state index contributed by atoms with van der Waals surface area (Å²) in [6.45, 7) is 1.97. The summed E-state index contributed by atoms with van der Waals surface area (Å²) >= 11 is 6.06. The zero-order valence-corrected chi connectivity index (χ0v) is 10.6. The Balaban J connectivity index is 1.95. The van der Waals surface area contributed by atoms with Crippen molar-refractivity contribution in [2.24, 2.45) is 5.92 Å². The Bertz CT molecular complexity index is 454. The zero-order valence-electron chi connectivity index (χ0n) is 9.87. The third-order valence-corrected chi connectivity index (χ3v) is 3.27. The SMILES string of the molecule is Cc1ccc(NC(=O)CC2C=CCC2)c(Cl)c1. The highest BCUT2D eigenvalue weighted by molar-refractivity contribution is 6.33. The van der Waals surface area contributed by atoms with Gasteiger partial charge in [-0.05, 0) is 43.4 Å². The Morgan fingerprint density at radius 1 is 1.53 bits per heavy atom. The average Bonchev–Trinajstić information content (AvgIpc) is 2.75. The van der Waals surface area contributed by atoms with Crippen molar-refractivity contribution < 1.29 is 4.79 Å². The van der Waals surface area contributed by atoms with Crippen molar-refractivity contribution in [2.75, 3.05) is 5.32 Å². The highest BCUT2D eigenvalue weighted by Gasteiger charge is 2.14. The molecule has 1 amide bonds. The van der Waals surface area contributed by atoms with Crippen molar-refractivity contribution in [1.82, 2.24) is 0 Å². The smallest absolute Gasteiger partial charge is 0.225 e. The van der Waals surface area contributed by atoms with Gasteiger partial charge in [-0.15, -0.1) is 0 Å². The minimum atomic E-state index is 0.0345. The van der Waals surface area contributed by atoms with E-state index in [2.05, 4.69) is 17.5 Å². The highest BCUT2D eigenvalue weighted by Crippen LogP contribution is 2.25. The number of anilines is 1. The third-order valence-electron chi connectivity index (χ3n) is 2.96. The second-order valence-electron chi connectivity index (χ2n) is 4.50. The van der Waals surface area contributed by atoms with Crippen LogP contribution in [0, 0.1) is 12.8 Å². The van der Waals surface area contributed by atoms with Crippen molar-refractivity contribution in [3.05, 3.63) is 40.9 Å². The van der Waals surface area contributed by atoms with Gasteiger partial charge >= 0.3 is 0 Å². The molecule has 1 aliphatic rings.